The zero-order valence-corrected chi connectivity index (χ0v) is 14.4. The first-order valence-corrected chi connectivity index (χ1v) is 8.93. The monoisotopic (exact) mass is 364 g/mol. The van der Waals surface area contributed by atoms with Gasteiger partial charge in [0.25, 0.3) is 0 Å². The molecule has 0 spiro atoms. The van der Waals surface area contributed by atoms with Crippen molar-refractivity contribution in [2.75, 3.05) is 12.4 Å². The van der Waals surface area contributed by atoms with Gasteiger partial charge in [0.1, 0.15) is 5.25 Å². The summed E-state index contributed by atoms with van der Waals surface area (Å²) >= 11 is 1.27. The fourth-order valence-corrected chi connectivity index (χ4v) is 3.02. The zero-order valence-electron chi connectivity index (χ0n) is 13.6. The van der Waals surface area contributed by atoms with Gasteiger partial charge in [0.15, 0.2) is 0 Å². The molecule has 138 valence electrons. The summed E-state index contributed by atoms with van der Waals surface area (Å²) in [6.45, 7) is 4.24. The van der Waals surface area contributed by atoms with Crippen molar-refractivity contribution in [3.05, 3.63) is 0 Å². The summed E-state index contributed by atoms with van der Waals surface area (Å²) in [6, 6.07) is 0. The lowest BCUT2D eigenvalue weighted by Crippen LogP contribution is -2.36. The fourth-order valence-electron chi connectivity index (χ4n) is 1.76. The predicted octanol–water partition coefficient (Wildman–Crippen LogP) is 5.60. The number of carbonyl (C=O) groups is 1. The van der Waals surface area contributed by atoms with Crippen LogP contribution >= 0.6 is 11.8 Å². The maximum absolute atomic E-state index is 12.7. The second-order valence-corrected chi connectivity index (χ2v) is 6.64. The number of esters is 1. The average molecular weight is 364 g/mol. The largest absolute Gasteiger partial charge is 0.465 e. The molecule has 0 aromatic heterocycles. The van der Waals surface area contributed by atoms with Crippen LogP contribution in [-0.2, 0) is 9.53 Å². The van der Waals surface area contributed by atoms with Crippen LogP contribution in [0.25, 0.3) is 0 Å². The molecule has 0 saturated carbocycles. The maximum Gasteiger partial charge on any atom is 0.453 e. The molecule has 0 aliphatic carbocycles. The van der Waals surface area contributed by atoms with Gasteiger partial charge in [0.05, 0.1) is 6.61 Å². The van der Waals surface area contributed by atoms with Gasteiger partial charge in [-0.05, 0) is 31.4 Å². The van der Waals surface area contributed by atoms with Crippen molar-refractivity contribution in [3.8, 4) is 0 Å². The molecule has 0 aromatic rings. The van der Waals surface area contributed by atoms with E-state index in [1.807, 2.05) is 13.8 Å². The molecule has 0 radical (unpaired) electrons. The highest BCUT2D eigenvalue weighted by molar-refractivity contribution is 8.00. The summed E-state index contributed by atoms with van der Waals surface area (Å²) in [5.41, 5.74) is 0. The van der Waals surface area contributed by atoms with Gasteiger partial charge >= 0.3 is 18.1 Å². The van der Waals surface area contributed by atoms with Crippen LogP contribution in [0.3, 0.4) is 0 Å². The van der Waals surface area contributed by atoms with E-state index in [1.165, 1.54) is 11.8 Å². The normalized spacial score (nSPS) is 13.9. The number of alkyl halides is 5. The lowest BCUT2D eigenvalue weighted by Gasteiger charge is -2.19. The van der Waals surface area contributed by atoms with Crippen LogP contribution in [-0.4, -0.2) is 35.7 Å². The molecule has 0 aliphatic heterocycles. The van der Waals surface area contributed by atoms with Crippen molar-refractivity contribution in [3.63, 3.8) is 0 Å². The Morgan fingerprint density at radius 1 is 1.04 bits per heavy atom. The predicted molar refractivity (Wildman–Crippen MR) is 81.9 cm³/mol. The zero-order chi connectivity index (χ0) is 17.9. The Kier molecular flexibility index (Phi) is 10.8. The highest BCUT2D eigenvalue weighted by atomic mass is 32.2. The fraction of sp³-hybridized carbons (Fsp3) is 0.933. The van der Waals surface area contributed by atoms with Crippen molar-refractivity contribution < 1.29 is 31.5 Å². The van der Waals surface area contributed by atoms with E-state index in [-0.39, 0.29) is 24.1 Å². The summed E-state index contributed by atoms with van der Waals surface area (Å²) < 4.78 is 66.6. The Morgan fingerprint density at radius 3 is 2.22 bits per heavy atom. The lowest BCUT2D eigenvalue weighted by atomic mass is 10.1. The molecule has 0 aromatic carbocycles. The molecule has 0 bridgehead atoms. The van der Waals surface area contributed by atoms with Gasteiger partial charge in [0, 0.05) is 6.42 Å². The minimum absolute atomic E-state index is 0.207. The van der Waals surface area contributed by atoms with E-state index in [0.717, 1.165) is 19.3 Å². The molecule has 2 nitrogen and oxygen atoms in total. The van der Waals surface area contributed by atoms with Crippen molar-refractivity contribution in [1.82, 2.24) is 0 Å². The standard InChI is InChI=1S/C15H25F5O2S/c1-3-5-10-22-13(21)12(8-4-2)23-11-7-6-9-14(16,17)15(18,19)20/h12H,3-11H2,1-2H3. The first kappa shape index (κ1) is 22.5. The second kappa shape index (κ2) is 11.1. The summed E-state index contributed by atoms with van der Waals surface area (Å²) in [5, 5.41) is -0.375. The Bertz CT molecular complexity index is 334. The number of halogens is 5. The number of hydrogen-bond acceptors (Lipinski definition) is 3. The van der Waals surface area contributed by atoms with Gasteiger partial charge in [0.2, 0.25) is 0 Å². The molecule has 8 heteroatoms. The van der Waals surface area contributed by atoms with Gasteiger partial charge in [-0.25, -0.2) is 0 Å². The van der Waals surface area contributed by atoms with E-state index < -0.39 is 18.5 Å². The van der Waals surface area contributed by atoms with Crippen LogP contribution in [0, 0.1) is 0 Å². The molecule has 0 saturated heterocycles. The lowest BCUT2D eigenvalue weighted by molar-refractivity contribution is -0.284. The van der Waals surface area contributed by atoms with Gasteiger partial charge < -0.3 is 4.74 Å². The molecule has 0 heterocycles. The van der Waals surface area contributed by atoms with Crippen molar-refractivity contribution in [1.29, 1.82) is 0 Å². The second-order valence-electron chi connectivity index (χ2n) is 5.33. The smallest absolute Gasteiger partial charge is 0.453 e. The van der Waals surface area contributed by atoms with Gasteiger partial charge in [-0.2, -0.15) is 22.0 Å². The van der Waals surface area contributed by atoms with Gasteiger partial charge in [-0.1, -0.05) is 26.7 Å². The minimum atomic E-state index is -5.49. The molecular weight excluding hydrogens is 339 g/mol. The third kappa shape index (κ3) is 9.37. The molecule has 1 unspecified atom stereocenters. The Morgan fingerprint density at radius 2 is 1.70 bits per heavy atom. The van der Waals surface area contributed by atoms with Crippen LogP contribution in [0.5, 0.6) is 0 Å². The number of carbonyl (C=O) groups excluding carboxylic acids is 1. The van der Waals surface area contributed by atoms with E-state index in [0.29, 0.717) is 18.8 Å². The Hall–Kier alpha value is -0.530. The van der Waals surface area contributed by atoms with Crippen molar-refractivity contribution in [2.24, 2.45) is 0 Å². The molecular formula is C15H25F5O2S. The van der Waals surface area contributed by atoms with Crippen LogP contribution in [0.1, 0.15) is 58.8 Å². The summed E-state index contributed by atoms with van der Waals surface area (Å²) in [4.78, 5) is 11.9. The topological polar surface area (TPSA) is 26.3 Å². The molecule has 0 amide bonds. The van der Waals surface area contributed by atoms with Gasteiger partial charge in [-0.3, -0.25) is 4.79 Å². The van der Waals surface area contributed by atoms with Crippen LogP contribution in [0.4, 0.5) is 22.0 Å². The summed E-state index contributed by atoms with van der Waals surface area (Å²) in [6.07, 6.45) is -3.67. The van der Waals surface area contributed by atoms with Crippen LogP contribution < -0.4 is 0 Å². The molecule has 1 atom stereocenters. The summed E-state index contributed by atoms with van der Waals surface area (Å²) in [5.74, 6) is -4.60. The highest BCUT2D eigenvalue weighted by Crippen LogP contribution is 2.39. The Labute approximate surface area is 138 Å². The Balaban J connectivity index is 4.07. The molecule has 0 N–H and O–H groups in total. The average Bonchev–Trinajstić information content (AvgIpc) is 2.44. The maximum atomic E-state index is 12.7. The molecule has 0 fully saturated rings. The van der Waals surface area contributed by atoms with E-state index in [9.17, 15) is 26.7 Å². The van der Waals surface area contributed by atoms with Crippen LogP contribution in [0.15, 0.2) is 0 Å². The van der Waals surface area contributed by atoms with E-state index in [4.69, 9.17) is 4.74 Å². The quantitative estimate of drug-likeness (QED) is 0.256. The van der Waals surface area contributed by atoms with Gasteiger partial charge in [-0.15, -0.1) is 11.8 Å². The molecule has 0 rings (SSSR count). The highest BCUT2D eigenvalue weighted by Gasteiger charge is 2.56. The van der Waals surface area contributed by atoms with Crippen molar-refractivity contribution >= 4 is 17.7 Å². The third-order valence-electron chi connectivity index (χ3n) is 3.17. The minimum Gasteiger partial charge on any atom is -0.465 e. The number of rotatable bonds is 12. The third-order valence-corrected chi connectivity index (χ3v) is 4.53. The van der Waals surface area contributed by atoms with E-state index in [1.54, 1.807) is 0 Å². The summed E-state index contributed by atoms with van der Waals surface area (Å²) in [7, 11) is 0. The number of unbranched alkanes of at least 4 members (excludes halogenated alkanes) is 2. The van der Waals surface area contributed by atoms with Crippen LogP contribution in [0.2, 0.25) is 0 Å². The van der Waals surface area contributed by atoms with E-state index in [2.05, 4.69) is 0 Å². The first-order valence-electron chi connectivity index (χ1n) is 7.88. The number of ether oxygens (including phenoxy) is 1. The molecule has 23 heavy (non-hydrogen) atoms. The molecule has 0 aliphatic rings. The number of thioether (sulfide) groups is 1. The SMILES string of the molecule is CCCCOC(=O)C(CCC)SCCCCC(F)(F)C(F)(F)F. The number of hydrogen-bond donors (Lipinski definition) is 0. The van der Waals surface area contributed by atoms with Crippen molar-refractivity contribution in [2.45, 2.75) is 76.1 Å². The first-order chi connectivity index (χ1) is 10.7. The van der Waals surface area contributed by atoms with E-state index >= 15 is 0 Å².